The van der Waals surface area contributed by atoms with Crippen molar-refractivity contribution < 1.29 is 23.5 Å². The fourth-order valence-corrected chi connectivity index (χ4v) is 3.41. The second kappa shape index (κ2) is 8.63. The monoisotopic (exact) mass is 438 g/mol. The van der Waals surface area contributed by atoms with Crippen molar-refractivity contribution >= 4 is 23.4 Å². The molecule has 1 N–H and O–H groups in total. The first-order valence-corrected chi connectivity index (χ1v) is 9.76. The molecule has 32 heavy (non-hydrogen) atoms. The Morgan fingerprint density at radius 3 is 2.62 bits per heavy atom. The SMILES string of the molecule is COCCCN1C(=O)c2ccc(C(=O)Nc3cc(-n4nnnc4C)ccc3F)cc2C1=O. The summed E-state index contributed by atoms with van der Waals surface area (Å²) < 4.78 is 20.7. The van der Waals surface area contributed by atoms with E-state index in [1.807, 2.05) is 0 Å². The van der Waals surface area contributed by atoms with Crippen LogP contribution in [0.15, 0.2) is 36.4 Å². The van der Waals surface area contributed by atoms with Crippen LogP contribution in [0.25, 0.3) is 5.69 Å². The van der Waals surface area contributed by atoms with Crippen LogP contribution in [0.1, 0.15) is 43.3 Å². The number of methoxy groups -OCH3 is 1. The highest BCUT2D eigenvalue weighted by Gasteiger charge is 2.35. The predicted molar refractivity (Wildman–Crippen MR) is 110 cm³/mol. The van der Waals surface area contributed by atoms with E-state index in [0.717, 1.165) is 4.90 Å². The van der Waals surface area contributed by atoms with E-state index in [9.17, 15) is 18.8 Å². The van der Waals surface area contributed by atoms with Crippen molar-refractivity contribution in [3.8, 4) is 5.69 Å². The third-order valence-corrected chi connectivity index (χ3v) is 5.03. The third-order valence-electron chi connectivity index (χ3n) is 5.03. The highest BCUT2D eigenvalue weighted by molar-refractivity contribution is 6.22. The molecule has 11 heteroatoms. The Hall–Kier alpha value is -3.99. The number of anilines is 1. The fraction of sp³-hybridized carbons (Fsp3) is 0.238. The van der Waals surface area contributed by atoms with Gasteiger partial charge >= 0.3 is 0 Å². The van der Waals surface area contributed by atoms with Gasteiger partial charge in [0.1, 0.15) is 5.82 Å². The molecule has 2 heterocycles. The maximum atomic E-state index is 14.3. The molecule has 0 bridgehead atoms. The lowest BCUT2D eigenvalue weighted by atomic mass is 10.1. The maximum absolute atomic E-state index is 14.3. The number of fused-ring (bicyclic) bond motifs is 1. The van der Waals surface area contributed by atoms with Gasteiger partial charge in [-0.05, 0) is 60.2 Å². The Morgan fingerprint density at radius 1 is 1.12 bits per heavy atom. The minimum atomic E-state index is -0.649. The van der Waals surface area contributed by atoms with Crippen LogP contribution >= 0.6 is 0 Å². The van der Waals surface area contributed by atoms with Gasteiger partial charge in [0.2, 0.25) is 0 Å². The lowest BCUT2D eigenvalue weighted by Crippen LogP contribution is -2.31. The minimum absolute atomic E-state index is 0.0773. The van der Waals surface area contributed by atoms with Gasteiger partial charge in [-0.2, -0.15) is 4.68 Å². The molecule has 0 aliphatic carbocycles. The standard InChI is InChI=1S/C21H19FN6O4/c1-12-24-25-26-28(12)14-5-7-17(22)18(11-14)23-19(29)13-4-6-15-16(10-13)21(31)27(20(15)30)8-3-9-32-2/h4-7,10-11H,3,8-9H2,1-2H3,(H,23,29). The molecule has 2 aromatic carbocycles. The number of aryl methyl sites for hydroxylation is 1. The highest BCUT2D eigenvalue weighted by atomic mass is 19.1. The van der Waals surface area contributed by atoms with Gasteiger partial charge in [-0.3, -0.25) is 19.3 Å². The summed E-state index contributed by atoms with van der Waals surface area (Å²) in [5.74, 6) is -1.67. The lowest BCUT2D eigenvalue weighted by molar-refractivity contribution is 0.0638. The van der Waals surface area contributed by atoms with Crippen LogP contribution in [-0.4, -0.2) is 63.1 Å². The number of hydrogen-bond donors (Lipinski definition) is 1. The molecule has 10 nitrogen and oxygen atoms in total. The summed E-state index contributed by atoms with van der Waals surface area (Å²) in [6, 6.07) is 8.26. The molecule has 0 fully saturated rings. The molecule has 0 unspecified atom stereocenters. The molecule has 0 saturated heterocycles. The van der Waals surface area contributed by atoms with E-state index in [4.69, 9.17) is 4.74 Å². The normalized spacial score (nSPS) is 12.9. The van der Waals surface area contributed by atoms with E-state index < -0.39 is 23.5 Å². The number of nitrogens with one attached hydrogen (secondary N) is 1. The molecule has 1 aliphatic heterocycles. The van der Waals surface area contributed by atoms with Crippen LogP contribution in [0, 0.1) is 12.7 Å². The average Bonchev–Trinajstić information content (AvgIpc) is 3.31. The first-order valence-electron chi connectivity index (χ1n) is 9.76. The van der Waals surface area contributed by atoms with Gasteiger partial charge in [-0.15, -0.1) is 5.10 Å². The molecule has 3 amide bonds. The Morgan fingerprint density at radius 2 is 1.91 bits per heavy atom. The summed E-state index contributed by atoms with van der Waals surface area (Å²) in [4.78, 5) is 39.0. The van der Waals surface area contributed by atoms with Crippen LogP contribution < -0.4 is 5.32 Å². The van der Waals surface area contributed by atoms with E-state index in [2.05, 4.69) is 20.8 Å². The number of nitrogens with zero attached hydrogens (tertiary/aromatic N) is 5. The van der Waals surface area contributed by atoms with E-state index in [-0.39, 0.29) is 28.9 Å². The van der Waals surface area contributed by atoms with Crippen LogP contribution in [0.3, 0.4) is 0 Å². The summed E-state index contributed by atoms with van der Waals surface area (Å²) >= 11 is 0. The molecule has 164 valence electrons. The molecule has 0 saturated carbocycles. The molecule has 1 aromatic heterocycles. The first-order chi connectivity index (χ1) is 15.4. The Bertz CT molecular complexity index is 1220. The predicted octanol–water partition coefficient (Wildman–Crippen LogP) is 1.99. The number of amides is 3. The number of benzene rings is 2. The summed E-state index contributed by atoms with van der Waals surface area (Å²) in [5, 5.41) is 13.6. The molecule has 0 atom stereocenters. The molecular weight excluding hydrogens is 419 g/mol. The smallest absolute Gasteiger partial charge is 0.261 e. The van der Waals surface area contributed by atoms with Crippen molar-refractivity contribution in [2.45, 2.75) is 13.3 Å². The topological polar surface area (TPSA) is 119 Å². The zero-order chi connectivity index (χ0) is 22.8. The Balaban J connectivity index is 1.56. The molecule has 4 rings (SSSR count). The summed E-state index contributed by atoms with van der Waals surface area (Å²) in [5.41, 5.74) is 0.870. The number of carbonyl (C=O) groups is 3. The number of halogens is 1. The molecule has 1 aliphatic rings. The second-order valence-corrected chi connectivity index (χ2v) is 7.12. The number of tetrazole rings is 1. The molecule has 3 aromatic rings. The number of ether oxygens (including phenoxy) is 1. The molecule has 0 spiro atoms. The first kappa shape index (κ1) is 21.2. The minimum Gasteiger partial charge on any atom is -0.385 e. The number of aromatic nitrogens is 4. The van der Waals surface area contributed by atoms with Crippen LogP contribution in [0.2, 0.25) is 0 Å². The van der Waals surface area contributed by atoms with Crippen LogP contribution in [0.4, 0.5) is 10.1 Å². The maximum Gasteiger partial charge on any atom is 0.261 e. The van der Waals surface area contributed by atoms with E-state index in [0.29, 0.717) is 24.5 Å². The Kier molecular flexibility index (Phi) is 5.73. The molecular formula is C21H19FN6O4. The van der Waals surface area contributed by atoms with E-state index >= 15 is 0 Å². The van der Waals surface area contributed by atoms with Crippen molar-refractivity contribution in [2.75, 3.05) is 25.6 Å². The van der Waals surface area contributed by atoms with Crippen LogP contribution in [0.5, 0.6) is 0 Å². The highest BCUT2D eigenvalue weighted by Crippen LogP contribution is 2.25. The number of hydrogen-bond acceptors (Lipinski definition) is 7. The van der Waals surface area contributed by atoms with Crippen molar-refractivity contribution in [3.63, 3.8) is 0 Å². The zero-order valence-corrected chi connectivity index (χ0v) is 17.3. The average molecular weight is 438 g/mol. The Labute approximate surface area is 182 Å². The van der Waals surface area contributed by atoms with E-state index in [1.165, 1.54) is 48.2 Å². The lowest BCUT2D eigenvalue weighted by Gasteiger charge is -2.12. The van der Waals surface area contributed by atoms with Gasteiger partial charge in [0.25, 0.3) is 17.7 Å². The van der Waals surface area contributed by atoms with Gasteiger partial charge in [0, 0.05) is 25.8 Å². The van der Waals surface area contributed by atoms with Crippen molar-refractivity contribution in [1.82, 2.24) is 25.1 Å². The summed E-state index contributed by atoms with van der Waals surface area (Å²) in [6.45, 7) is 2.31. The van der Waals surface area contributed by atoms with E-state index in [1.54, 1.807) is 6.92 Å². The largest absolute Gasteiger partial charge is 0.385 e. The second-order valence-electron chi connectivity index (χ2n) is 7.12. The fourth-order valence-electron chi connectivity index (χ4n) is 3.41. The number of rotatable bonds is 7. The van der Waals surface area contributed by atoms with Crippen molar-refractivity contribution in [3.05, 3.63) is 64.7 Å². The van der Waals surface area contributed by atoms with Crippen LogP contribution in [-0.2, 0) is 4.74 Å². The number of carbonyl (C=O) groups excluding carboxylic acids is 3. The van der Waals surface area contributed by atoms with Gasteiger partial charge < -0.3 is 10.1 Å². The van der Waals surface area contributed by atoms with Gasteiger partial charge in [-0.1, -0.05) is 0 Å². The van der Waals surface area contributed by atoms with Gasteiger partial charge in [0.05, 0.1) is 22.5 Å². The quantitative estimate of drug-likeness (QED) is 0.443. The summed E-state index contributed by atoms with van der Waals surface area (Å²) in [7, 11) is 1.54. The summed E-state index contributed by atoms with van der Waals surface area (Å²) in [6.07, 6.45) is 0.506. The zero-order valence-electron chi connectivity index (χ0n) is 17.3. The third kappa shape index (κ3) is 3.85. The van der Waals surface area contributed by atoms with Gasteiger partial charge in [-0.25, -0.2) is 4.39 Å². The van der Waals surface area contributed by atoms with Crippen molar-refractivity contribution in [1.29, 1.82) is 0 Å². The van der Waals surface area contributed by atoms with Gasteiger partial charge in [0.15, 0.2) is 5.82 Å². The van der Waals surface area contributed by atoms with Crippen molar-refractivity contribution in [2.24, 2.45) is 0 Å². The molecule has 0 radical (unpaired) electrons. The number of imide groups is 1.